The second-order valence-corrected chi connectivity index (χ2v) is 11.5. The van der Waals surface area contributed by atoms with Crippen LogP contribution >= 0.6 is 34.5 Å². The predicted octanol–water partition coefficient (Wildman–Crippen LogP) is 7.75. The van der Waals surface area contributed by atoms with Crippen LogP contribution in [0, 0.1) is 0 Å². The molecule has 3 aromatic carbocycles. The summed E-state index contributed by atoms with van der Waals surface area (Å²) in [6, 6.07) is 26.2. The Morgan fingerprint density at radius 3 is 2.70 bits per heavy atom. The van der Waals surface area contributed by atoms with Crippen LogP contribution in [0.3, 0.4) is 0 Å². The number of fused-ring (bicyclic) bond motifs is 1. The van der Waals surface area contributed by atoms with Crippen molar-refractivity contribution < 1.29 is 0 Å². The van der Waals surface area contributed by atoms with Crippen LogP contribution in [0.5, 0.6) is 0 Å². The molecule has 1 aliphatic heterocycles. The van der Waals surface area contributed by atoms with Crippen LogP contribution in [-0.4, -0.2) is 44.2 Å². The van der Waals surface area contributed by atoms with Crippen molar-refractivity contribution >= 4 is 45.3 Å². The minimum absolute atomic E-state index is 0.278. The smallest absolute Gasteiger partial charge is 0.0640 e. The zero-order valence-electron chi connectivity index (χ0n) is 21.1. The molecule has 0 amide bonds. The summed E-state index contributed by atoms with van der Waals surface area (Å²) >= 11 is 14.7. The monoisotopic (exact) mass is 551 g/mol. The van der Waals surface area contributed by atoms with Crippen LogP contribution in [-0.2, 0) is 0 Å². The number of hydrogen-bond donors (Lipinski definition) is 2. The molecule has 1 aliphatic rings. The molecular formula is C31H35Cl2N3S. The lowest BCUT2D eigenvalue weighted by Crippen LogP contribution is -2.46. The fraction of sp³-hybridized carbons (Fsp3) is 0.355. The topological polar surface area (TPSA) is 27.3 Å². The maximum Gasteiger partial charge on any atom is 0.0640 e. The second kappa shape index (κ2) is 13.2. The first kappa shape index (κ1) is 26.7. The van der Waals surface area contributed by atoms with E-state index >= 15 is 0 Å². The number of unbranched alkanes of at least 4 members (excludes halogenated alkanes) is 1. The average Bonchev–Trinajstić information content (AvgIpc) is 3.47. The van der Waals surface area contributed by atoms with Crippen LogP contribution < -0.4 is 10.6 Å². The lowest BCUT2D eigenvalue weighted by atomic mass is 9.90. The van der Waals surface area contributed by atoms with Crippen LogP contribution in [0.4, 0.5) is 0 Å². The quantitative estimate of drug-likeness (QED) is 0.186. The van der Waals surface area contributed by atoms with Crippen molar-refractivity contribution in [2.24, 2.45) is 0 Å². The number of hydrogen-bond acceptors (Lipinski definition) is 4. The molecule has 3 nitrogen and oxygen atoms in total. The van der Waals surface area contributed by atoms with Gasteiger partial charge in [0.2, 0.25) is 0 Å². The molecule has 0 radical (unpaired) electrons. The second-order valence-electron chi connectivity index (χ2n) is 9.78. The summed E-state index contributed by atoms with van der Waals surface area (Å²) in [7, 11) is 0. The van der Waals surface area contributed by atoms with Gasteiger partial charge in [0.15, 0.2) is 0 Å². The standard InChI is InChI=1S/C31H35Cl2N3S/c32-28-13-6-12-27(31(28)33)29-22-35-18-20-36(29)19-4-3-16-34-17-15-26(30-14-7-21-37-30)25-11-5-9-23-8-1-2-10-24(23)25/h1-2,5-14,21,26,29,34-35H,3-4,15-20,22H2. The van der Waals surface area contributed by atoms with E-state index < -0.39 is 0 Å². The minimum Gasteiger partial charge on any atom is -0.317 e. The highest BCUT2D eigenvalue weighted by Crippen LogP contribution is 2.36. The number of piperazine rings is 1. The molecule has 37 heavy (non-hydrogen) atoms. The van der Waals surface area contributed by atoms with E-state index in [4.69, 9.17) is 23.2 Å². The average molecular weight is 553 g/mol. The summed E-state index contributed by atoms with van der Waals surface area (Å²) < 4.78 is 0. The molecular weight excluding hydrogens is 517 g/mol. The molecule has 0 aliphatic carbocycles. The molecule has 4 aromatic rings. The molecule has 0 bridgehead atoms. The van der Waals surface area contributed by atoms with Gasteiger partial charge in [-0.1, -0.05) is 83.9 Å². The Bertz CT molecular complexity index is 1270. The maximum absolute atomic E-state index is 6.55. The van der Waals surface area contributed by atoms with E-state index in [9.17, 15) is 0 Å². The van der Waals surface area contributed by atoms with Gasteiger partial charge in [0.1, 0.15) is 0 Å². The maximum atomic E-state index is 6.55. The Morgan fingerprint density at radius 2 is 1.81 bits per heavy atom. The van der Waals surface area contributed by atoms with E-state index in [1.54, 1.807) is 0 Å². The van der Waals surface area contributed by atoms with Crippen molar-refractivity contribution in [3.05, 3.63) is 104 Å². The largest absolute Gasteiger partial charge is 0.317 e. The van der Waals surface area contributed by atoms with Gasteiger partial charge in [-0.05, 0) is 78.3 Å². The molecule has 1 aromatic heterocycles. The highest BCUT2D eigenvalue weighted by Gasteiger charge is 2.25. The van der Waals surface area contributed by atoms with Gasteiger partial charge in [-0.25, -0.2) is 0 Å². The third-order valence-corrected chi connectivity index (χ3v) is 9.26. The van der Waals surface area contributed by atoms with Gasteiger partial charge in [-0.2, -0.15) is 0 Å². The van der Waals surface area contributed by atoms with E-state index in [1.807, 2.05) is 23.5 Å². The van der Waals surface area contributed by atoms with Crippen molar-refractivity contribution in [1.29, 1.82) is 0 Å². The lowest BCUT2D eigenvalue weighted by molar-refractivity contribution is 0.159. The molecule has 5 rings (SSSR count). The molecule has 2 atom stereocenters. The van der Waals surface area contributed by atoms with E-state index in [-0.39, 0.29) is 6.04 Å². The number of thiophene rings is 1. The fourth-order valence-electron chi connectivity index (χ4n) is 5.53. The van der Waals surface area contributed by atoms with E-state index in [0.29, 0.717) is 16.0 Å². The molecule has 1 fully saturated rings. The lowest BCUT2D eigenvalue weighted by Gasteiger charge is -2.37. The summed E-state index contributed by atoms with van der Waals surface area (Å²) in [6.07, 6.45) is 3.43. The van der Waals surface area contributed by atoms with Crippen LogP contribution in [0.25, 0.3) is 10.8 Å². The Hall–Kier alpha value is -1.92. The number of nitrogens with zero attached hydrogens (tertiary/aromatic N) is 1. The third-order valence-electron chi connectivity index (χ3n) is 7.44. The predicted molar refractivity (Wildman–Crippen MR) is 160 cm³/mol. The molecule has 6 heteroatoms. The highest BCUT2D eigenvalue weighted by atomic mass is 35.5. The zero-order chi connectivity index (χ0) is 25.5. The minimum atomic E-state index is 0.278. The van der Waals surface area contributed by atoms with Gasteiger partial charge in [0.05, 0.1) is 10.0 Å². The first-order valence-corrected chi connectivity index (χ1v) is 15.0. The normalized spacial score (nSPS) is 17.3. The summed E-state index contributed by atoms with van der Waals surface area (Å²) in [5, 5.41) is 13.5. The highest BCUT2D eigenvalue weighted by molar-refractivity contribution is 7.10. The Balaban J connectivity index is 1.12. The first-order valence-electron chi connectivity index (χ1n) is 13.3. The van der Waals surface area contributed by atoms with Gasteiger partial charge >= 0.3 is 0 Å². The fourth-order valence-corrected chi connectivity index (χ4v) is 6.84. The summed E-state index contributed by atoms with van der Waals surface area (Å²) in [5.74, 6) is 0.419. The van der Waals surface area contributed by atoms with Crippen LogP contribution in [0.2, 0.25) is 10.0 Å². The molecule has 2 unspecified atom stereocenters. The number of halogens is 2. The summed E-state index contributed by atoms with van der Waals surface area (Å²) in [4.78, 5) is 4.00. The Kier molecular flexibility index (Phi) is 9.54. The van der Waals surface area contributed by atoms with Crippen LogP contribution in [0.15, 0.2) is 78.2 Å². The Labute approximate surface area is 234 Å². The van der Waals surface area contributed by atoms with E-state index in [1.165, 1.54) is 27.6 Å². The third kappa shape index (κ3) is 6.57. The van der Waals surface area contributed by atoms with Crippen molar-refractivity contribution in [2.75, 3.05) is 39.3 Å². The molecule has 0 spiro atoms. The van der Waals surface area contributed by atoms with Gasteiger partial charge in [0.25, 0.3) is 0 Å². The number of nitrogens with one attached hydrogen (secondary N) is 2. The molecule has 194 valence electrons. The van der Waals surface area contributed by atoms with Gasteiger partial charge in [0, 0.05) is 36.5 Å². The van der Waals surface area contributed by atoms with E-state index in [0.717, 1.165) is 57.7 Å². The summed E-state index contributed by atoms with van der Waals surface area (Å²) in [5.41, 5.74) is 2.57. The van der Waals surface area contributed by atoms with Crippen molar-refractivity contribution in [1.82, 2.24) is 15.5 Å². The SMILES string of the molecule is Clc1cccc(C2CNCCN2CCCCNCCC(c2cccs2)c2cccc3ccccc23)c1Cl. The Morgan fingerprint density at radius 1 is 0.946 bits per heavy atom. The van der Waals surface area contributed by atoms with Gasteiger partial charge < -0.3 is 10.6 Å². The molecule has 2 heterocycles. The number of rotatable bonds is 11. The van der Waals surface area contributed by atoms with Gasteiger partial charge in [-0.15, -0.1) is 11.3 Å². The van der Waals surface area contributed by atoms with Crippen molar-refractivity contribution in [3.8, 4) is 0 Å². The van der Waals surface area contributed by atoms with Crippen LogP contribution in [0.1, 0.15) is 47.2 Å². The van der Waals surface area contributed by atoms with Gasteiger partial charge in [-0.3, -0.25) is 4.90 Å². The molecule has 2 N–H and O–H groups in total. The van der Waals surface area contributed by atoms with Crippen molar-refractivity contribution in [2.45, 2.75) is 31.2 Å². The number of benzene rings is 3. The molecule has 0 saturated carbocycles. The van der Waals surface area contributed by atoms with E-state index in [2.05, 4.69) is 81.6 Å². The summed E-state index contributed by atoms with van der Waals surface area (Å²) in [6.45, 7) is 6.10. The zero-order valence-corrected chi connectivity index (χ0v) is 23.5. The molecule has 1 saturated heterocycles. The van der Waals surface area contributed by atoms with Crippen molar-refractivity contribution in [3.63, 3.8) is 0 Å². The first-order chi connectivity index (χ1) is 18.2.